The molecular formula is C22H38N2O3. The maximum Gasteiger partial charge on any atom is 0.358 e. The number of carboxylic acids is 1. The highest BCUT2D eigenvalue weighted by Crippen LogP contribution is 2.21. The molecule has 0 spiro atoms. The molecule has 0 aliphatic heterocycles. The Hall–Kier alpha value is -1.78. The molecule has 1 aromatic rings. The Morgan fingerprint density at radius 1 is 0.852 bits per heavy atom. The molecule has 154 valence electrons. The third-order valence-electron chi connectivity index (χ3n) is 4.95. The molecule has 0 fully saturated rings. The lowest BCUT2D eigenvalue weighted by Gasteiger charge is -2.24. The van der Waals surface area contributed by atoms with Gasteiger partial charge in [0.15, 0.2) is 5.69 Å². The van der Waals surface area contributed by atoms with E-state index in [-0.39, 0.29) is 11.4 Å². The molecule has 0 unspecified atom stereocenters. The first-order valence-electron chi connectivity index (χ1n) is 10.8. The molecule has 0 radical (unpaired) electrons. The van der Waals surface area contributed by atoms with E-state index in [9.17, 15) is 15.0 Å². The summed E-state index contributed by atoms with van der Waals surface area (Å²) in [5, 5.41) is 18.9. The Morgan fingerprint density at radius 3 is 1.81 bits per heavy atom. The SMILES string of the molecule is CCCCCCCCN(CCCCCCCC)c1ccc(O)c(C(=O)O)n1. The van der Waals surface area contributed by atoms with Crippen LogP contribution < -0.4 is 4.90 Å². The van der Waals surface area contributed by atoms with Gasteiger partial charge in [-0.1, -0.05) is 78.1 Å². The molecule has 0 aromatic carbocycles. The normalized spacial score (nSPS) is 10.9. The smallest absolute Gasteiger partial charge is 0.358 e. The van der Waals surface area contributed by atoms with Gasteiger partial charge in [-0.05, 0) is 25.0 Å². The van der Waals surface area contributed by atoms with Gasteiger partial charge in [0.25, 0.3) is 0 Å². The molecule has 0 saturated heterocycles. The lowest BCUT2D eigenvalue weighted by Crippen LogP contribution is -2.27. The fourth-order valence-electron chi connectivity index (χ4n) is 3.28. The van der Waals surface area contributed by atoms with Gasteiger partial charge in [0.1, 0.15) is 11.6 Å². The predicted molar refractivity (Wildman–Crippen MR) is 112 cm³/mol. The lowest BCUT2D eigenvalue weighted by atomic mass is 10.1. The molecule has 27 heavy (non-hydrogen) atoms. The van der Waals surface area contributed by atoms with E-state index < -0.39 is 5.97 Å². The molecule has 1 heterocycles. The largest absolute Gasteiger partial charge is 0.505 e. The van der Waals surface area contributed by atoms with Crippen LogP contribution in [-0.4, -0.2) is 34.3 Å². The molecule has 5 nitrogen and oxygen atoms in total. The number of aromatic carboxylic acids is 1. The summed E-state index contributed by atoms with van der Waals surface area (Å²) in [6.07, 6.45) is 14.7. The van der Waals surface area contributed by atoms with Crippen molar-refractivity contribution < 1.29 is 15.0 Å². The maximum absolute atomic E-state index is 11.3. The van der Waals surface area contributed by atoms with Crippen LogP contribution in [0.1, 0.15) is 101 Å². The molecule has 0 amide bonds. The lowest BCUT2D eigenvalue weighted by molar-refractivity contribution is 0.0687. The van der Waals surface area contributed by atoms with Gasteiger partial charge in [-0.3, -0.25) is 0 Å². The number of anilines is 1. The van der Waals surface area contributed by atoms with E-state index in [1.54, 1.807) is 6.07 Å². The molecule has 1 rings (SSSR count). The summed E-state index contributed by atoms with van der Waals surface area (Å²) in [4.78, 5) is 17.7. The van der Waals surface area contributed by atoms with E-state index in [2.05, 4.69) is 23.7 Å². The topological polar surface area (TPSA) is 73.7 Å². The number of hydrogen-bond acceptors (Lipinski definition) is 4. The number of aromatic hydroxyl groups is 1. The van der Waals surface area contributed by atoms with Crippen molar-refractivity contribution in [3.05, 3.63) is 17.8 Å². The molecule has 5 heteroatoms. The number of rotatable bonds is 16. The number of hydrogen-bond donors (Lipinski definition) is 2. The molecular weight excluding hydrogens is 340 g/mol. The van der Waals surface area contributed by atoms with Gasteiger partial charge in [0, 0.05) is 13.1 Å². The molecule has 1 aromatic heterocycles. The Bertz CT molecular complexity index is 518. The minimum Gasteiger partial charge on any atom is -0.505 e. The van der Waals surface area contributed by atoms with Crippen LogP contribution in [-0.2, 0) is 0 Å². The van der Waals surface area contributed by atoms with Crippen LogP contribution in [0.25, 0.3) is 0 Å². The minimum absolute atomic E-state index is 0.261. The first-order chi connectivity index (χ1) is 13.1. The quantitative estimate of drug-likeness (QED) is 0.344. The van der Waals surface area contributed by atoms with Gasteiger partial charge in [-0.25, -0.2) is 9.78 Å². The summed E-state index contributed by atoms with van der Waals surface area (Å²) < 4.78 is 0. The summed E-state index contributed by atoms with van der Waals surface area (Å²) in [6.45, 7) is 6.22. The number of aromatic nitrogens is 1. The Morgan fingerprint density at radius 2 is 1.33 bits per heavy atom. The molecule has 0 aliphatic carbocycles. The van der Waals surface area contributed by atoms with E-state index in [1.165, 1.54) is 70.3 Å². The van der Waals surface area contributed by atoms with Crippen LogP contribution in [0.15, 0.2) is 12.1 Å². The highest BCUT2D eigenvalue weighted by atomic mass is 16.4. The van der Waals surface area contributed by atoms with E-state index >= 15 is 0 Å². The fraction of sp³-hybridized carbons (Fsp3) is 0.727. The minimum atomic E-state index is -1.19. The van der Waals surface area contributed by atoms with Gasteiger partial charge >= 0.3 is 5.97 Å². The van der Waals surface area contributed by atoms with Crippen molar-refractivity contribution in [1.82, 2.24) is 4.98 Å². The van der Waals surface area contributed by atoms with Gasteiger partial charge in [0.05, 0.1) is 0 Å². The van der Waals surface area contributed by atoms with Crippen molar-refractivity contribution in [2.24, 2.45) is 0 Å². The maximum atomic E-state index is 11.3. The van der Waals surface area contributed by atoms with E-state index in [4.69, 9.17) is 0 Å². The average Bonchev–Trinajstić information content (AvgIpc) is 2.66. The second-order valence-electron chi connectivity index (χ2n) is 7.36. The highest BCUT2D eigenvalue weighted by Gasteiger charge is 2.15. The van der Waals surface area contributed by atoms with Crippen molar-refractivity contribution in [2.75, 3.05) is 18.0 Å². The van der Waals surface area contributed by atoms with Crippen LogP contribution in [0.3, 0.4) is 0 Å². The standard InChI is InChI=1S/C22H38N2O3/c1-3-5-7-9-11-13-17-24(18-14-12-10-8-6-4-2)20-16-15-19(25)21(23-20)22(26)27/h15-16,25H,3-14,17-18H2,1-2H3,(H,26,27). The summed E-state index contributed by atoms with van der Waals surface area (Å²) in [7, 11) is 0. The first-order valence-corrected chi connectivity index (χ1v) is 10.8. The summed E-state index contributed by atoms with van der Waals surface area (Å²) in [6, 6.07) is 3.18. The highest BCUT2D eigenvalue weighted by molar-refractivity contribution is 5.88. The van der Waals surface area contributed by atoms with Crippen molar-refractivity contribution in [3.63, 3.8) is 0 Å². The molecule has 0 aliphatic rings. The van der Waals surface area contributed by atoms with Crippen molar-refractivity contribution in [3.8, 4) is 5.75 Å². The second kappa shape index (κ2) is 14.3. The molecule has 0 saturated carbocycles. The van der Waals surface area contributed by atoms with Gasteiger partial charge in [-0.2, -0.15) is 0 Å². The van der Waals surface area contributed by atoms with Crippen LogP contribution in [0.5, 0.6) is 5.75 Å². The monoisotopic (exact) mass is 378 g/mol. The van der Waals surface area contributed by atoms with Crippen molar-refractivity contribution >= 4 is 11.8 Å². The number of carboxylic acid groups (broad SMARTS) is 1. The zero-order valence-electron chi connectivity index (χ0n) is 17.3. The second-order valence-corrected chi connectivity index (χ2v) is 7.36. The van der Waals surface area contributed by atoms with E-state index in [0.717, 1.165) is 25.9 Å². The summed E-state index contributed by atoms with van der Waals surface area (Å²) in [5.41, 5.74) is -0.261. The number of carbonyl (C=O) groups is 1. The van der Waals surface area contributed by atoms with Gasteiger partial charge in [0.2, 0.25) is 0 Å². The molecule has 2 N–H and O–H groups in total. The van der Waals surface area contributed by atoms with Gasteiger partial charge < -0.3 is 15.1 Å². The summed E-state index contributed by atoms with van der Waals surface area (Å²) in [5.74, 6) is -0.800. The van der Waals surface area contributed by atoms with Gasteiger partial charge in [-0.15, -0.1) is 0 Å². The summed E-state index contributed by atoms with van der Waals surface area (Å²) >= 11 is 0. The molecule has 0 bridgehead atoms. The number of nitrogens with zero attached hydrogens (tertiary/aromatic N) is 2. The van der Waals surface area contributed by atoms with Crippen LogP contribution >= 0.6 is 0 Å². The number of unbranched alkanes of at least 4 members (excludes halogenated alkanes) is 10. The predicted octanol–water partition coefficient (Wildman–Crippen LogP) is 6.01. The zero-order chi connectivity index (χ0) is 19.9. The van der Waals surface area contributed by atoms with Crippen LogP contribution in [0.2, 0.25) is 0 Å². The fourth-order valence-corrected chi connectivity index (χ4v) is 3.28. The third kappa shape index (κ3) is 9.64. The zero-order valence-corrected chi connectivity index (χ0v) is 17.3. The van der Waals surface area contributed by atoms with Crippen molar-refractivity contribution in [1.29, 1.82) is 0 Å². The van der Waals surface area contributed by atoms with E-state index in [1.807, 2.05) is 0 Å². The van der Waals surface area contributed by atoms with Crippen LogP contribution in [0, 0.1) is 0 Å². The van der Waals surface area contributed by atoms with Crippen LogP contribution in [0.4, 0.5) is 5.82 Å². The molecule has 0 atom stereocenters. The Kier molecular flexibility index (Phi) is 12.3. The van der Waals surface area contributed by atoms with E-state index in [0.29, 0.717) is 5.82 Å². The number of pyridine rings is 1. The third-order valence-corrected chi connectivity index (χ3v) is 4.95. The van der Waals surface area contributed by atoms with Crippen molar-refractivity contribution in [2.45, 2.75) is 90.9 Å². The average molecular weight is 379 g/mol. The Balaban J connectivity index is 2.61. The Labute approximate surface area is 164 Å². The first kappa shape index (κ1) is 23.3.